The van der Waals surface area contributed by atoms with Crippen LogP contribution in [0.15, 0.2) is 73.3 Å². The normalized spacial score (nSPS) is 18.2. The lowest BCUT2D eigenvalue weighted by Gasteiger charge is -2.42. The number of benzene rings is 1. The Balaban J connectivity index is 1.69. The molecule has 1 N–H and O–H groups in total. The minimum atomic E-state index is -0.705. The summed E-state index contributed by atoms with van der Waals surface area (Å²) >= 11 is 0. The van der Waals surface area contributed by atoms with E-state index in [-0.39, 0.29) is 17.9 Å². The number of likely N-dealkylation sites (tertiary alicyclic amines) is 1. The van der Waals surface area contributed by atoms with E-state index >= 15 is 0 Å². The van der Waals surface area contributed by atoms with Crippen molar-refractivity contribution in [2.75, 3.05) is 13.1 Å². The lowest BCUT2D eigenvalue weighted by molar-refractivity contribution is -0.134. The van der Waals surface area contributed by atoms with E-state index in [1.165, 1.54) is 0 Å². The van der Waals surface area contributed by atoms with Gasteiger partial charge in [0.15, 0.2) is 0 Å². The maximum Gasteiger partial charge on any atom is 0.255 e. The molecule has 0 saturated carbocycles. The Morgan fingerprint density at radius 2 is 1.82 bits per heavy atom. The van der Waals surface area contributed by atoms with E-state index in [1.54, 1.807) is 36.9 Å². The smallest absolute Gasteiger partial charge is 0.255 e. The number of carbonyl (C=O) groups is 2. The molecule has 3 aromatic rings. The van der Waals surface area contributed by atoms with Crippen molar-refractivity contribution in [1.29, 1.82) is 0 Å². The fourth-order valence-electron chi connectivity index (χ4n) is 4.65. The molecule has 2 amide bonds. The highest BCUT2D eigenvalue weighted by atomic mass is 16.2. The monoisotopic (exact) mass is 442 g/mol. The molecule has 1 aromatic carbocycles. The van der Waals surface area contributed by atoms with Crippen LogP contribution in [0.5, 0.6) is 0 Å². The van der Waals surface area contributed by atoms with Crippen LogP contribution in [0.1, 0.15) is 42.6 Å². The molecule has 3 heterocycles. The first-order chi connectivity index (χ1) is 16.0. The minimum Gasteiger partial charge on any atom is -0.353 e. The van der Waals surface area contributed by atoms with Gasteiger partial charge >= 0.3 is 0 Å². The zero-order valence-corrected chi connectivity index (χ0v) is 19.2. The number of carbonyl (C=O) groups excluding carboxylic acids is 2. The molecule has 1 fully saturated rings. The molecule has 0 radical (unpaired) electrons. The second-order valence-corrected chi connectivity index (χ2v) is 9.05. The van der Waals surface area contributed by atoms with Crippen LogP contribution >= 0.6 is 0 Å². The van der Waals surface area contributed by atoms with Gasteiger partial charge in [0.1, 0.15) is 0 Å². The average molecular weight is 443 g/mol. The van der Waals surface area contributed by atoms with Crippen LogP contribution in [0.4, 0.5) is 0 Å². The fraction of sp³-hybridized carbons (Fsp3) is 0.333. The predicted octanol–water partition coefficient (Wildman–Crippen LogP) is 4.13. The molecule has 0 aliphatic carbocycles. The molecule has 4 rings (SSSR count). The number of amides is 2. The van der Waals surface area contributed by atoms with Crippen molar-refractivity contribution >= 4 is 11.8 Å². The second kappa shape index (κ2) is 9.94. The van der Waals surface area contributed by atoms with Gasteiger partial charge in [0.2, 0.25) is 5.91 Å². The number of nitrogens with zero attached hydrogens (tertiary/aromatic N) is 3. The number of aromatic nitrogens is 2. The van der Waals surface area contributed by atoms with Gasteiger partial charge in [-0.1, -0.05) is 24.3 Å². The summed E-state index contributed by atoms with van der Waals surface area (Å²) in [5.74, 6) is -0.0716. The van der Waals surface area contributed by atoms with Gasteiger partial charge < -0.3 is 10.2 Å². The maximum atomic E-state index is 13.6. The largest absolute Gasteiger partial charge is 0.353 e. The highest BCUT2D eigenvalue weighted by Gasteiger charge is 2.44. The third-order valence-electron chi connectivity index (χ3n) is 6.21. The van der Waals surface area contributed by atoms with E-state index in [1.807, 2.05) is 43.0 Å². The molecule has 33 heavy (non-hydrogen) atoms. The van der Waals surface area contributed by atoms with Gasteiger partial charge in [-0.3, -0.25) is 19.6 Å². The molecule has 1 aliphatic heterocycles. The Kier molecular flexibility index (Phi) is 6.82. The van der Waals surface area contributed by atoms with Gasteiger partial charge in [-0.25, -0.2) is 0 Å². The molecule has 1 aliphatic rings. The third kappa shape index (κ3) is 5.11. The number of hydrogen-bond donors (Lipinski definition) is 1. The molecule has 0 spiro atoms. The van der Waals surface area contributed by atoms with Crippen LogP contribution in [0.3, 0.4) is 0 Å². The number of piperidine rings is 1. The second-order valence-electron chi connectivity index (χ2n) is 9.05. The summed E-state index contributed by atoms with van der Waals surface area (Å²) in [6.45, 7) is 4.95. The first-order valence-electron chi connectivity index (χ1n) is 11.5. The number of nitrogens with one attached hydrogen (secondary N) is 1. The Morgan fingerprint density at radius 1 is 1.03 bits per heavy atom. The van der Waals surface area contributed by atoms with Gasteiger partial charge in [0.05, 0.1) is 11.0 Å². The van der Waals surface area contributed by atoms with Crippen LogP contribution in [0.25, 0.3) is 11.1 Å². The Hall–Kier alpha value is -3.54. The highest BCUT2D eigenvalue weighted by molar-refractivity contribution is 5.95. The van der Waals surface area contributed by atoms with Crippen molar-refractivity contribution in [2.24, 2.45) is 5.41 Å². The Morgan fingerprint density at radius 3 is 2.55 bits per heavy atom. The molecule has 1 atom stereocenters. The summed E-state index contributed by atoms with van der Waals surface area (Å²) in [6.07, 6.45) is 8.86. The summed E-state index contributed by atoms with van der Waals surface area (Å²) < 4.78 is 0. The highest BCUT2D eigenvalue weighted by Crippen LogP contribution is 2.37. The van der Waals surface area contributed by atoms with Crippen molar-refractivity contribution in [1.82, 2.24) is 20.2 Å². The lowest BCUT2D eigenvalue weighted by Crippen LogP contribution is -2.55. The quantitative estimate of drug-likeness (QED) is 0.623. The Labute approximate surface area is 195 Å². The molecule has 6 heteroatoms. The molecule has 0 unspecified atom stereocenters. The van der Waals surface area contributed by atoms with Gasteiger partial charge in [-0.15, -0.1) is 0 Å². The zero-order valence-electron chi connectivity index (χ0n) is 19.2. The Bertz CT molecular complexity index is 1100. The molecular formula is C27H30N4O2. The van der Waals surface area contributed by atoms with E-state index in [4.69, 9.17) is 0 Å². The SMILES string of the molecule is CC(C)NC(=O)[C@]1(Cc2ccccc2-c2ccncc2)CCCN(C(=O)c2cccnc2)C1. The summed E-state index contributed by atoms with van der Waals surface area (Å²) in [7, 11) is 0. The maximum absolute atomic E-state index is 13.6. The van der Waals surface area contributed by atoms with E-state index in [9.17, 15) is 9.59 Å². The van der Waals surface area contributed by atoms with E-state index in [2.05, 4.69) is 27.4 Å². The first kappa shape index (κ1) is 22.6. The molecule has 170 valence electrons. The van der Waals surface area contributed by atoms with E-state index in [0.717, 1.165) is 29.5 Å². The molecule has 2 aromatic heterocycles. The standard InChI is InChI=1S/C27H30N4O2/c1-20(2)30-26(33)27(12-6-16-31(19-27)25(32)23-8-5-13-29-18-23)17-22-7-3-4-9-24(22)21-10-14-28-15-11-21/h3-5,7-11,13-15,18,20H,6,12,16-17,19H2,1-2H3,(H,30,33)/t27-/m0/s1. The number of rotatable bonds is 6. The summed E-state index contributed by atoms with van der Waals surface area (Å²) in [4.78, 5) is 36.9. The summed E-state index contributed by atoms with van der Waals surface area (Å²) in [5, 5.41) is 3.13. The van der Waals surface area contributed by atoms with Gasteiger partial charge in [-0.2, -0.15) is 0 Å². The molecular weight excluding hydrogens is 412 g/mol. The predicted molar refractivity (Wildman–Crippen MR) is 128 cm³/mol. The van der Waals surface area contributed by atoms with E-state index < -0.39 is 5.41 Å². The van der Waals surface area contributed by atoms with E-state index in [0.29, 0.717) is 25.1 Å². The summed E-state index contributed by atoms with van der Waals surface area (Å²) in [5.41, 5.74) is 3.10. The van der Waals surface area contributed by atoms with Gasteiger partial charge in [-0.05, 0) is 74.1 Å². The van der Waals surface area contributed by atoms with Crippen LogP contribution in [-0.2, 0) is 11.2 Å². The molecule has 6 nitrogen and oxygen atoms in total. The number of pyridine rings is 2. The average Bonchev–Trinajstić information content (AvgIpc) is 2.85. The molecule has 1 saturated heterocycles. The third-order valence-corrected chi connectivity index (χ3v) is 6.21. The first-order valence-corrected chi connectivity index (χ1v) is 11.5. The van der Waals surface area contributed by atoms with Crippen molar-refractivity contribution in [3.05, 3.63) is 84.4 Å². The van der Waals surface area contributed by atoms with Crippen LogP contribution in [0.2, 0.25) is 0 Å². The van der Waals surface area contributed by atoms with Crippen molar-refractivity contribution in [3.8, 4) is 11.1 Å². The van der Waals surface area contributed by atoms with Crippen LogP contribution in [0, 0.1) is 5.41 Å². The lowest BCUT2D eigenvalue weighted by atomic mass is 9.73. The zero-order chi connectivity index (χ0) is 23.3. The van der Waals surface area contributed by atoms with Crippen molar-refractivity contribution < 1.29 is 9.59 Å². The fourth-order valence-corrected chi connectivity index (χ4v) is 4.65. The van der Waals surface area contributed by atoms with Crippen LogP contribution < -0.4 is 5.32 Å². The number of hydrogen-bond acceptors (Lipinski definition) is 4. The van der Waals surface area contributed by atoms with Crippen LogP contribution in [-0.4, -0.2) is 45.8 Å². The molecule has 0 bridgehead atoms. The summed E-state index contributed by atoms with van der Waals surface area (Å²) in [6, 6.07) is 15.7. The van der Waals surface area contributed by atoms with Crippen molar-refractivity contribution in [3.63, 3.8) is 0 Å². The minimum absolute atomic E-state index is 0.00529. The van der Waals surface area contributed by atoms with Gasteiger partial charge in [0, 0.05) is 43.9 Å². The topological polar surface area (TPSA) is 75.2 Å². The van der Waals surface area contributed by atoms with Crippen molar-refractivity contribution in [2.45, 2.75) is 39.2 Å². The van der Waals surface area contributed by atoms with Gasteiger partial charge in [0.25, 0.3) is 5.91 Å².